The van der Waals surface area contributed by atoms with Gasteiger partial charge in [0.15, 0.2) is 5.82 Å². The summed E-state index contributed by atoms with van der Waals surface area (Å²) in [6.07, 6.45) is 10.0. The van der Waals surface area contributed by atoms with Crippen molar-refractivity contribution in [2.24, 2.45) is 5.92 Å². The second kappa shape index (κ2) is 7.88. The van der Waals surface area contributed by atoms with Crippen molar-refractivity contribution < 1.29 is 10.0 Å². The van der Waals surface area contributed by atoms with Crippen LogP contribution in [0, 0.1) is 5.92 Å². The van der Waals surface area contributed by atoms with Crippen LogP contribution in [0.5, 0.6) is 0 Å². The van der Waals surface area contributed by atoms with Crippen molar-refractivity contribution in [3.8, 4) is 0 Å². The van der Waals surface area contributed by atoms with Gasteiger partial charge in [0.05, 0.1) is 24.6 Å². The van der Waals surface area contributed by atoms with E-state index < -0.39 is 0 Å². The van der Waals surface area contributed by atoms with Crippen LogP contribution in [0.4, 0.5) is 5.82 Å². The molecule has 1 saturated carbocycles. The Morgan fingerprint density at radius 2 is 1.86 bits per heavy atom. The summed E-state index contributed by atoms with van der Waals surface area (Å²) in [6, 6.07) is 0.425. The fraction of sp³-hybridized carbons (Fsp3) is 0.727. The number of aliphatic hydroxyl groups excluding tert-OH is 1. The van der Waals surface area contributed by atoms with E-state index in [9.17, 15) is 5.11 Å². The first-order chi connectivity index (χ1) is 13.7. The van der Waals surface area contributed by atoms with Gasteiger partial charge in [-0.3, -0.25) is 0 Å². The third kappa shape index (κ3) is 3.79. The number of thiophene rings is 1. The summed E-state index contributed by atoms with van der Waals surface area (Å²) >= 11 is 1.90. The zero-order valence-electron chi connectivity index (χ0n) is 17.0. The summed E-state index contributed by atoms with van der Waals surface area (Å²) in [6.45, 7) is 5.80. The molecule has 5 rings (SSSR count). The van der Waals surface area contributed by atoms with E-state index >= 15 is 0 Å². The first-order valence-electron chi connectivity index (χ1n) is 11.2. The topological polar surface area (TPSA) is 62.5 Å². The lowest BCUT2D eigenvalue weighted by Gasteiger charge is -2.28. The van der Waals surface area contributed by atoms with Gasteiger partial charge in [-0.05, 0) is 69.3 Å². The molecular weight excluding hydrogens is 368 g/mol. The summed E-state index contributed by atoms with van der Waals surface area (Å²) in [5.74, 6) is 2.95. The number of rotatable bonds is 4. The molecule has 2 fully saturated rings. The Hall–Kier alpha value is -1.24. The van der Waals surface area contributed by atoms with Crippen molar-refractivity contribution >= 4 is 27.4 Å². The molecule has 0 radical (unpaired) electrons. The van der Waals surface area contributed by atoms with E-state index in [1.807, 2.05) is 11.3 Å². The van der Waals surface area contributed by atoms with Crippen LogP contribution in [-0.4, -0.2) is 40.3 Å². The molecule has 2 aromatic heterocycles. The van der Waals surface area contributed by atoms with Crippen molar-refractivity contribution in [2.45, 2.75) is 83.4 Å². The molecule has 1 saturated heterocycles. The van der Waals surface area contributed by atoms with Gasteiger partial charge in [-0.25, -0.2) is 9.97 Å². The van der Waals surface area contributed by atoms with Gasteiger partial charge in [0, 0.05) is 10.9 Å². The first-order valence-corrected chi connectivity index (χ1v) is 12.1. The quantitative estimate of drug-likeness (QED) is 0.737. The average molecular weight is 402 g/mol. The van der Waals surface area contributed by atoms with Crippen LogP contribution in [0.15, 0.2) is 0 Å². The zero-order chi connectivity index (χ0) is 19.1. The fourth-order valence-corrected chi connectivity index (χ4v) is 6.49. The Labute approximate surface area is 171 Å². The van der Waals surface area contributed by atoms with Crippen LogP contribution < -0.4 is 10.2 Å². The second-order valence-corrected chi connectivity index (χ2v) is 10.4. The van der Waals surface area contributed by atoms with Crippen LogP contribution in [0.2, 0.25) is 0 Å². The molecule has 2 aromatic rings. The smallest absolute Gasteiger partial charge is 0.187 e. The van der Waals surface area contributed by atoms with E-state index in [1.165, 1.54) is 65.9 Å². The Kier molecular flexibility index (Phi) is 5.28. The molecule has 3 heterocycles. The summed E-state index contributed by atoms with van der Waals surface area (Å²) in [4.78, 5) is 14.5. The molecule has 0 amide bonds. The van der Waals surface area contributed by atoms with Crippen LogP contribution >= 0.6 is 11.3 Å². The number of anilines is 1. The lowest BCUT2D eigenvalue weighted by atomic mass is 9.93. The Morgan fingerprint density at radius 3 is 2.64 bits per heavy atom. The third-order valence-electron chi connectivity index (χ3n) is 7.04. The molecule has 0 bridgehead atoms. The van der Waals surface area contributed by atoms with Crippen molar-refractivity contribution in [1.82, 2.24) is 9.97 Å². The van der Waals surface area contributed by atoms with Crippen molar-refractivity contribution in [3.05, 3.63) is 16.3 Å². The maximum atomic E-state index is 9.85. The van der Waals surface area contributed by atoms with Crippen LogP contribution in [0.25, 0.3) is 10.2 Å². The monoisotopic (exact) mass is 401 g/mol. The van der Waals surface area contributed by atoms with E-state index in [2.05, 4.69) is 12.2 Å². The van der Waals surface area contributed by atoms with Gasteiger partial charge < -0.3 is 15.3 Å². The number of fused-ring (bicyclic) bond motifs is 3. The van der Waals surface area contributed by atoms with Crippen molar-refractivity contribution in [2.75, 3.05) is 18.4 Å². The third-order valence-corrected chi connectivity index (χ3v) is 8.22. The van der Waals surface area contributed by atoms with Gasteiger partial charge in [0.25, 0.3) is 0 Å². The molecule has 1 aliphatic heterocycles. The van der Waals surface area contributed by atoms with Crippen molar-refractivity contribution in [1.29, 1.82) is 0 Å². The van der Waals surface area contributed by atoms with Gasteiger partial charge in [-0.15, -0.1) is 11.3 Å². The lowest BCUT2D eigenvalue weighted by Crippen LogP contribution is -3.11. The molecule has 5 nitrogen and oxygen atoms in total. The van der Waals surface area contributed by atoms with Crippen molar-refractivity contribution in [3.63, 3.8) is 0 Å². The molecule has 3 N–H and O–H groups in total. The summed E-state index contributed by atoms with van der Waals surface area (Å²) in [7, 11) is 0. The molecule has 28 heavy (non-hydrogen) atoms. The zero-order valence-corrected chi connectivity index (χ0v) is 17.8. The highest BCUT2D eigenvalue weighted by molar-refractivity contribution is 7.19. The number of nitrogens with zero attached hydrogens (tertiary/aromatic N) is 2. The molecule has 0 unspecified atom stereocenters. The van der Waals surface area contributed by atoms with E-state index in [4.69, 9.17) is 9.97 Å². The molecule has 3 aliphatic rings. The minimum absolute atomic E-state index is 0.116. The van der Waals surface area contributed by atoms with E-state index in [1.54, 1.807) is 4.90 Å². The minimum atomic E-state index is -0.116. The number of nitrogens with one attached hydrogen (secondary N) is 2. The van der Waals surface area contributed by atoms with E-state index in [-0.39, 0.29) is 6.10 Å². The number of hydrogen-bond donors (Lipinski definition) is 3. The predicted molar refractivity (Wildman–Crippen MR) is 114 cm³/mol. The highest BCUT2D eigenvalue weighted by atomic mass is 32.1. The van der Waals surface area contributed by atoms with Gasteiger partial charge in [0.1, 0.15) is 17.2 Å². The number of quaternary nitrogens is 1. The molecule has 0 spiro atoms. The highest BCUT2D eigenvalue weighted by Crippen LogP contribution is 2.40. The van der Waals surface area contributed by atoms with Gasteiger partial charge in [-0.2, -0.15) is 0 Å². The average Bonchev–Trinajstić information content (AvgIpc) is 3.26. The highest BCUT2D eigenvalue weighted by Gasteiger charge is 2.27. The number of likely N-dealkylation sites (tertiary alicyclic amines) is 1. The van der Waals surface area contributed by atoms with Gasteiger partial charge in [-0.1, -0.05) is 6.92 Å². The molecule has 0 atom stereocenters. The minimum Gasteiger partial charge on any atom is -0.393 e. The number of hydrogen-bond acceptors (Lipinski definition) is 5. The van der Waals surface area contributed by atoms with Gasteiger partial charge in [0.2, 0.25) is 0 Å². The first kappa shape index (κ1) is 18.8. The number of aromatic nitrogens is 2. The Bertz CT molecular complexity index is 835. The molecule has 0 aromatic carbocycles. The Morgan fingerprint density at radius 1 is 1.07 bits per heavy atom. The number of aryl methyl sites for hydroxylation is 2. The predicted octanol–water partition coefficient (Wildman–Crippen LogP) is 2.71. The second-order valence-electron chi connectivity index (χ2n) is 9.29. The molecule has 2 aliphatic carbocycles. The molecular formula is C22H33N4OS+. The lowest BCUT2D eigenvalue weighted by molar-refractivity contribution is -0.920. The number of piperidine rings is 1. The Balaban J connectivity index is 1.43. The number of aliphatic hydroxyl groups is 1. The fourth-order valence-electron chi connectivity index (χ4n) is 5.21. The van der Waals surface area contributed by atoms with Crippen LogP contribution in [0.1, 0.15) is 68.1 Å². The standard InChI is InChI=1S/C22H32N4OS/c1-14-9-11-26(12-10-14)13-19-24-21(23-15-5-7-16(27)8-6-15)20-17-3-2-4-18(17)28-22(20)25-19/h14-16,27H,2-13H2,1H3,(H,23,24,25)/p+1. The molecule has 152 valence electrons. The van der Waals surface area contributed by atoms with Gasteiger partial charge >= 0.3 is 0 Å². The maximum Gasteiger partial charge on any atom is 0.187 e. The van der Waals surface area contributed by atoms with Crippen LogP contribution in [-0.2, 0) is 19.4 Å². The van der Waals surface area contributed by atoms with Crippen LogP contribution in [0.3, 0.4) is 0 Å². The van der Waals surface area contributed by atoms with E-state index in [0.717, 1.165) is 49.8 Å². The summed E-state index contributed by atoms with van der Waals surface area (Å²) in [5.41, 5.74) is 1.50. The largest absolute Gasteiger partial charge is 0.393 e. The SMILES string of the molecule is CC1CC[NH+](Cc2nc(NC3CCC(O)CC3)c3c4c(sc3n2)CCC4)CC1. The maximum absolute atomic E-state index is 9.85. The van der Waals surface area contributed by atoms with E-state index in [0.29, 0.717) is 6.04 Å². The summed E-state index contributed by atoms with van der Waals surface area (Å²) < 4.78 is 0. The molecule has 6 heteroatoms. The summed E-state index contributed by atoms with van der Waals surface area (Å²) in [5, 5.41) is 14.9. The normalized spacial score (nSPS) is 30.5.